The van der Waals surface area contributed by atoms with Gasteiger partial charge in [0.05, 0.1) is 5.92 Å². The summed E-state index contributed by atoms with van der Waals surface area (Å²) in [6, 6.07) is 0.202. The third-order valence-corrected chi connectivity index (χ3v) is 7.01. The zero-order valence-corrected chi connectivity index (χ0v) is 21.9. The monoisotopic (exact) mass is 449 g/mol. The Morgan fingerprint density at radius 2 is 1.34 bits per heavy atom. The Bertz CT molecular complexity index is 477. The number of amides is 1. The molecule has 1 heterocycles. The van der Waals surface area contributed by atoms with Crippen molar-refractivity contribution in [2.75, 3.05) is 19.6 Å². The molecule has 0 aliphatic carbocycles. The van der Waals surface area contributed by atoms with Gasteiger partial charge >= 0.3 is 0 Å². The lowest BCUT2D eigenvalue weighted by Crippen LogP contribution is -2.49. The molecule has 0 aromatic carbocycles. The molecular formula is C28H55N3O. The van der Waals surface area contributed by atoms with Crippen molar-refractivity contribution in [1.82, 2.24) is 10.6 Å². The Kier molecular flexibility index (Phi) is 18.8. The molecule has 0 saturated carbocycles. The van der Waals surface area contributed by atoms with E-state index in [2.05, 4.69) is 29.5 Å². The minimum absolute atomic E-state index is 0.110. The van der Waals surface area contributed by atoms with E-state index >= 15 is 0 Å². The number of unbranched alkanes of at least 4 members (excludes halogenated alkanes) is 15. The molecule has 0 fully saturated rings. The van der Waals surface area contributed by atoms with Crippen LogP contribution in [0.5, 0.6) is 0 Å². The summed E-state index contributed by atoms with van der Waals surface area (Å²) in [5.74, 6) is 0.0404. The maximum atomic E-state index is 12.5. The van der Waals surface area contributed by atoms with Crippen LogP contribution in [0.25, 0.3) is 0 Å². The zero-order valence-electron chi connectivity index (χ0n) is 21.9. The van der Waals surface area contributed by atoms with Crippen molar-refractivity contribution >= 4 is 11.6 Å². The van der Waals surface area contributed by atoms with Crippen LogP contribution in [0, 0.1) is 5.92 Å². The van der Waals surface area contributed by atoms with E-state index in [1.807, 2.05) is 6.92 Å². The molecule has 0 aromatic heterocycles. The molecule has 0 aromatic rings. The number of aliphatic imine (C=N–C) groups is 1. The first-order valence-electron chi connectivity index (χ1n) is 14.2. The van der Waals surface area contributed by atoms with Gasteiger partial charge in [0.1, 0.15) is 0 Å². The lowest BCUT2D eigenvalue weighted by Gasteiger charge is -2.28. The topological polar surface area (TPSA) is 53.5 Å². The fourth-order valence-electron chi connectivity index (χ4n) is 4.88. The van der Waals surface area contributed by atoms with Gasteiger partial charge in [-0.25, -0.2) is 0 Å². The first-order valence-corrected chi connectivity index (χ1v) is 14.2. The predicted octanol–water partition coefficient (Wildman–Crippen LogP) is 7.21. The molecule has 4 heteroatoms. The van der Waals surface area contributed by atoms with E-state index in [1.54, 1.807) is 0 Å². The quantitative estimate of drug-likeness (QED) is 0.193. The lowest BCUT2D eigenvalue weighted by molar-refractivity contribution is -0.123. The summed E-state index contributed by atoms with van der Waals surface area (Å²) >= 11 is 0. The van der Waals surface area contributed by atoms with E-state index in [9.17, 15) is 4.79 Å². The highest BCUT2D eigenvalue weighted by atomic mass is 16.1. The Labute approximate surface area is 200 Å². The maximum Gasteiger partial charge on any atom is 0.230 e. The number of nitrogens with zero attached hydrogens (tertiary/aromatic N) is 1. The second-order valence-electron chi connectivity index (χ2n) is 9.92. The molecule has 1 aliphatic rings. The molecule has 1 rings (SSSR count). The van der Waals surface area contributed by atoms with Gasteiger partial charge in [-0.3, -0.25) is 9.79 Å². The smallest absolute Gasteiger partial charge is 0.230 e. The molecule has 1 aliphatic heterocycles. The van der Waals surface area contributed by atoms with Crippen molar-refractivity contribution in [2.24, 2.45) is 10.9 Å². The van der Waals surface area contributed by atoms with Gasteiger partial charge in [0, 0.05) is 24.8 Å². The summed E-state index contributed by atoms with van der Waals surface area (Å²) < 4.78 is 0. The van der Waals surface area contributed by atoms with Crippen LogP contribution in [-0.4, -0.2) is 37.3 Å². The number of carbonyl (C=O) groups excluding carboxylic acids is 1. The maximum absolute atomic E-state index is 12.5. The summed E-state index contributed by atoms with van der Waals surface area (Å²) in [6.07, 6.45) is 24.3. The fraction of sp³-hybridized carbons (Fsp3) is 0.929. The molecule has 1 amide bonds. The number of nitrogens with one attached hydrogen (secondary N) is 2. The third kappa shape index (κ3) is 14.3. The van der Waals surface area contributed by atoms with Crippen LogP contribution in [0.3, 0.4) is 0 Å². The van der Waals surface area contributed by atoms with Crippen LogP contribution in [0.4, 0.5) is 0 Å². The molecule has 0 saturated heterocycles. The summed E-state index contributed by atoms with van der Waals surface area (Å²) in [6.45, 7) is 9.07. The van der Waals surface area contributed by atoms with E-state index in [1.165, 1.54) is 103 Å². The number of rotatable bonds is 20. The second kappa shape index (κ2) is 20.7. The predicted molar refractivity (Wildman–Crippen MR) is 141 cm³/mol. The van der Waals surface area contributed by atoms with Gasteiger partial charge in [-0.05, 0) is 32.7 Å². The van der Waals surface area contributed by atoms with Crippen LogP contribution >= 0.6 is 0 Å². The number of hydrogen-bond donors (Lipinski definition) is 2. The Balaban J connectivity index is 1.96. The molecule has 2 N–H and O–H groups in total. The van der Waals surface area contributed by atoms with E-state index in [-0.39, 0.29) is 17.9 Å². The van der Waals surface area contributed by atoms with E-state index in [0.29, 0.717) is 0 Å². The van der Waals surface area contributed by atoms with Crippen LogP contribution < -0.4 is 10.6 Å². The number of hydrogen-bond acceptors (Lipinski definition) is 3. The van der Waals surface area contributed by atoms with Crippen LogP contribution in [0.2, 0.25) is 0 Å². The summed E-state index contributed by atoms with van der Waals surface area (Å²) in [5, 5.41) is 6.73. The van der Waals surface area contributed by atoms with Crippen LogP contribution in [-0.2, 0) is 4.79 Å². The first kappa shape index (κ1) is 29.1. The highest BCUT2D eigenvalue weighted by molar-refractivity contribution is 6.04. The van der Waals surface area contributed by atoms with Gasteiger partial charge in [0.15, 0.2) is 0 Å². The van der Waals surface area contributed by atoms with Crippen molar-refractivity contribution < 1.29 is 4.79 Å². The summed E-state index contributed by atoms with van der Waals surface area (Å²) in [4.78, 5) is 17.2. The highest BCUT2D eigenvalue weighted by Gasteiger charge is 2.29. The zero-order chi connectivity index (χ0) is 23.3. The Morgan fingerprint density at radius 1 is 0.844 bits per heavy atom. The van der Waals surface area contributed by atoms with Gasteiger partial charge < -0.3 is 10.6 Å². The molecule has 2 unspecified atom stereocenters. The van der Waals surface area contributed by atoms with Crippen molar-refractivity contribution in [3.8, 4) is 0 Å². The standard InChI is InChI=1S/C28H55N3O/c1-4-6-7-8-9-10-11-12-13-14-15-16-17-18-19-20-22-30-26(5-2)27-25(3)29-23-21-24-31-28(27)32/h26-27,30H,4-24H2,1-3H3,(H,31,32). The average Bonchev–Trinajstić information content (AvgIpc) is 2.78. The molecule has 2 atom stereocenters. The molecule has 32 heavy (non-hydrogen) atoms. The fourth-order valence-corrected chi connectivity index (χ4v) is 4.88. The normalized spacial score (nSPS) is 18.0. The van der Waals surface area contributed by atoms with Gasteiger partial charge in [-0.15, -0.1) is 0 Å². The largest absolute Gasteiger partial charge is 0.355 e. The third-order valence-electron chi connectivity index (χ3n) is 7.01. The molecule has 0 radical (unpaired) electrons. The van der Waals surface area contributed by atoms with Crippen LogP contribution in [0.15, 0.2) is 4.99 Å². The molecule has 4 nitrogen and oxygen atoms in total. The van der Waals surface area contributed by atoms with Gasteiger partial charge in [0.25, 0.3) is 0 Å². The molecule has 0 bridgehead atoms. The SMILES string of the molecule is CCCCCCCCCCCCCCCCCCNC(CC)C1C(=O)NCCCN=C1C. The lowest BCUT2D eigenvalue weighted by atomic mass is 9.91. The first-order chi connectivity index (χ1) is 15.7. The van der Waals surface area contributed by atoms with Crippen molar-refractivity contribution in [3.63, 3.8) is 0 Å². The van der Waals surface area contributed by atoms with E-state index in [0.717, 1.165) is 38.2 Å². The van der Waals surface area contributed by atoms with Crippen LogP contribution in [0.1, 0.15) is 136 Å². The highest BCUT2D eigenvalue weighted by Crippen LogP contribution is 2.15. The minimum Gasteiger partial charge on any atom is -0.355 e. The van der Waals surface area contributed by atoms with Crippen molar-refractivity contribution in [3.05, 3.63) is 0 Å². The second-order valence-corrected chi connectivity index (χ2v) is 9.92. The van der Waals surface area contributed by atoms with E-state index < -0.39 is 0 Å². The molecule has 188 valence electrons. The Morgan fingerprint density at radius 3 is 1.84 bits per heavy atom. The van der Waals surface area contributed by atoms with Gasteiger partial charge in [-0.1, -0.05) is 110 Å². The van der Waals surface area contributed by atoms with Crippen molar-refractivity contribution in [2.45, 2.75) is 142 Å². The molecule has 0 spiro atoms. The average molecular weight is 450 g/mol. The summed E-state index contributed by atoms with van der Waals surface area (Å²) in [7, 11) is 0. The van der Waals surface area contributed by atoms with Gasteiger partial charge in [-0.2, -0.15) is 0 Å². The van der Waals surface area contributed by atoms with E-state index in [4.69, 9.17) is 0 Å². The summed E-state index contributed by atoms with van der Waals surface area (Å²) in [5.41, 5.74) is 0.994. The minimum atomic E-state index is -0.110. The number of carbonyl (C=O) groups is 1. The van der Waals surface area contributed by atoms with Gasteiger partial charge in [0.2, 0.25) is 5.91 Å². The van der Waals surface area contributed by atoms with Crippen molar-refractivity contribution in [1.29, 1.82) is 0 Å². The Hall–Kier alpha value is -0.900. The molecular weight excluding hydrogens is 394 g/mol.